The van der Waals surface area contributed by atoms with Crippen molar-refractivity contribution in [3.05, 3.63) is 57.2 Å². The highest BCUT2D eigenvalue weighted by Crippen LogP contribution is 2.32. The van der Waals surface area contributed by atoms with Gasteiger partial charge in [-0.3, -0.25) is 14.6 Å². The summed E-state index contributed by atoms with van der Waals surface area (Å²) in [5.41, 5.74) is 5.34. The molecule has 2 aromatic heterocycles. The number of rotatable bonds is 6. The maximum Gasteiger partial charge on any atom is 0.270 e. The van der Waals surface area contributed by atoms with Crippen molar-refractivity contribution in [2.45, 2.75) is 51.9 Å². The molecule has 6 nitrogen and oxygen atoms in total. The minimum Gasteiger partial charge on any atom is -0.355 e. The Labute approximate surface area is 204 Å². The number of piperidine rings is 1. The highest BCUT2D eigenvalue weighted by Gasteiger charge is 2.27. The molecule has 34 heavy (non-hydrogen) atoms. The molecule has 2 aliphatic rings. The van der Waals surface area contributed by atoms with E-state index >= 15 is 0 Å². The van der Waals surface area contributed by atoms with Crippen LogP contribution in [0.5, 0.6) is 0 Å². The molecule has 1 aliphatic carbocycles. The Balaban J connectivity index is 1.30. The number of carbonyl (C=O) groups is 1. The fourth-order valence-corrected chi connectivity index (χ4v) is 5.92. The van der Waals surface area contributed by atoms with Crippen LogP contribution in [0, 0.1) is 12.8 Å². The van der Waals surface area contributed by atoms with E-state index in [9.17, 15) is 9.59 Å². The lowest BCUT2D eigenvalue weighted by Gasteiger charge is -2.32. The maximum absolute atomic E-state index is 12.9. The number of aromatic amines is 1. The average molecular weight is 477 g/mol. The molecule has 5 rings (SSSR count). The molecule has 3 heterocycles. The normalized spacial score (nSPS) is 18.7. The van der Waals surface area contributed by atoms with Crippen molar-refractivity contribution >= 4 is 33.4 Å². The summed E-state index contributed by atoms with van der Waals surface area (Å²) in [7, 11) is 0. The van der Waals surface area contributed by atoms with E-state index in [0.717, 1.165) is 42.5 Å². The molecule has 1 saturated heterocycles. The van der Waals surface area contributed by atoms with Crippen molar-refractivity contribution in [3.8, 4) is 11.1 Å². The molecule has 3 aromatic rings. The van der Waals surface area contributed by atoms with E-state index in [1.54, 1.807) is 0 Å². The van der Waals surface area contributed by atoms with Gasteiger partial charge in [0.1, 0.15) is 4.70 Å². The Morgan fingerprint density at radius 3 is 2.88 bits per heavy atom. The zero-order valence-electron chi connectivity index (χ0n) is 19.7. The molecule has 2 N–H and O–H groups in total. The van der Waals surface area contributed by atoms with Gasteiger partial charge in [0, 0.05) is 30.6 Å². The number of nitrogens with zero attached hydrogens (tertiary/aromatic N) is 2. The van der Waals surface area contributed by atoms with E-state index in [-0.39, 0.29) is 17.4 Å². The van der Waals surface area contributed by atoms with E-state index < -0.39 is 0 Å². The Morgan fingerprint density at radius 2 is 2.09 bits per heavy atom. The van der Waals surface area contributed by atoms with Crippen LogP contribution in [-0.4, -0.2) is 35.5 Å². The number of aromatic nitrogens is 2. The topological polar surface area (TPSA) is 78.1 Å². The summed E-state index contributed by atoms with van der Waals surface area (Å²) in [6.45, 7) is 4.13. The minimum atomic E-state index is -0.115. The van der Waals surface area contributed by atoms with Gasteiger partial charge < -0.3 is 10.2 Å². The highest BCUT2D eigenvalue weighted by molar-refractivity contribution is 7.17. The number of nitrogens with one attached hydrogen (secondary N) is 2. The van der Waals surface area contributed by atoms with Gasteiger partial charge in [0.2, 0.25) is 11.9 Å². The second-order valence-corrected chi connectivity index (χ2v) is 10.4. The molecule has 0 radical (unpaired) electrons. The lowest BCUT2D eigenvalue weighted by Crippen LogP contribution is -2.44. The standard InChI is InChI=1S/C27H32N4O2S/c1-18-9-11-20(12-10-18)22-17-34-24-23(22)29-27(30-26(24)33)31-15-5-8-21(16-31)25(32)28-14-13-19-6-3-2-4-7-19/h6,9-12,17,21H,2-5,7-8,13-16H2,1H3,(H,28,32)(H,29,30,33). The Kier molecular flexibility index (Phi) is 6.81. The predicted molar refractivity (Wildman–Crippen MR) is 140 cm³/mol. The number of thiophene rings is 1. The Hall–Kier alpha value is -2.93. The van der Waals surface area contributed by atoms with Crippen molar-refractivity contribution in [1.29, 1.82) is 0 Å². The molecule has 1 atom stereocenters. The third-order valence-electron chi connectivity index (χ3n) is 7.00. The molecule has 0 spiro atoms. The van der Waals surface area contributed by atoms with Crippen LogP contribution in [-0.2, 0) is 4.79 Å². The first-order valence-corrected chi connectivity index (χ1v) is 13.3. The first kappa shape index (κ1) is 22.8. The third-order valence-corrected chi connectivity index (χ3v) is 7.97. The second-order valence-electron chi connectivity index (χ2n) is 9.52. The van der Waals surface area contributed by atoms with Gasteiger partial charge in [0.05, 0.1) is 11.4 Å². The van der Waals surface area contributed by atoms with E-state index in [4.69, 9.17) is 4.98 Å². The van der Waals surface area contributed by atoms with Crippen LogP contribution in [0.15, 0.2) is 46.1 Å². The van der Waals surface area contributed by atoms with Gasteiger partial charge in [-0.25, -0.2) is 4.98 Å². The number of H-pyrrole nitrogens is 1. The molecule has 0 bridgehead atoms. The van der Waals surface area contributed by atoms with E-state index in [0.29, 0.717) is 23.7 Å². The molecule has 1 unspecified atom stereocenters. The molecule has 1 aliphatic heterocycles. The average Bonchev–Trinajstić information content (AvgIpc) is 3.30. The summed E-state index contributed by atoms with van der Waals surface area (Å²) >= 11 is 1.43. The molecule has 1 amide bonds. The molecule has 7 heteroatoms. The SMILES string of the molecule is Cc1ccc(-c2csc3c(=O)[nH]c(N4CCCC(C(=O)NCCC5=CCCCC5)C4)nc23)cc1. The van der Waals surface area contributed by atoms with Crippen LogP contribution >= 0.6 is 11.3 Å². The van der Waals surface area contributed by atoms with Crippen LogP contribution < -0.4 is 15.8 Å². The fourth-order valence-electron chi connectivity index (χ4n) is 5.01. The fraction of sp³-hybridized carbons (Fsp3) is 0.444. The van der Waals surface area contributed by atoms with Gasteiger partial charge in [-0.2, -0.15) is 0 Å². The smallest absolute Gasteiger partial charge is 0.270 e. The number of hydrogen-bond donors (Lipinski definition) is 2. The number of fused-ring (bicyclic) bond motifs is 1. The number of aryl methyl sites for hydroxylation is 1. The summed E-state index contributed by atoms with van der Waals surface area (Å²) in [6, 6.07) is 8.30. The van der Waals surface area contributed by atoms with Crippen molar-refractivity contribution in [2.24, 2.45) is 5.92 Å². The van der Waals surface area contributed by atoms with E-state index in [1.165, 1.54) is 48.2 Å². The summed E-state index contributed by atoms with van der Waals surface area (Å²) in [6.07, 6.45) is 9.95. The number of hydrogen-bond acceptors (Lipinski definition) is 5. The first-order chi connectivity index (χ1) is 16.6. The molecule has 0 saturated carbocycles. The van der Waals surface area contributed by atoms with E-state index in [2.05, 4.69) is 52.5 Å². The van der Waals surface area contributed by atoms with Gasteiger partial charge in [0.25, 0.3) is 5.56 Å². The van der Waals surface area contributed by atoms with Crippen molar-refractivity contribution < 1.29 is 4.79 Å². The number of allylic oxidation sites excluding steroid dienone is 1. The lowest BCUT2D eigenvalue weighted by molar-refractivity contribution is -0.125. The molecular weight excluding hydrogens is 444 g/mol. The van der Waals surface area contributed by atoms with Crippen LogP contribution in [0.1, 0.15) is 50.5 Å². The van der Waals surface area contributed by atoms with Crippen molar-refractivity contribution in [2.75, 3.05) is 24.5 Å². The van der Waals surface area contributed by atoms with Gasteiger partial charge >= 0.3 is 0 Å². The quantitative estimate of drug-likeness (QED) is 0.481. The molecular formula is C27H32N4O2S. The predicted octanol–water partition coefficient (Wildman–Crippen LogP) is 5.18. The van der Waals surface area contributed by atoms with E-state index in [1.807, 2.05) is 5.38 Å². The number of carbonyl (C=O) groups excluding carboxylic acids is 1. The summed E-state index contributed by atoms with van der Waals surface area (Å²) in [5.74, 6) is 0.587. The Morgan fingerprint density at radius 1 is 1.24 bits per heavy atom. The number of anilines is 1. The lowest BCUT2D eigenvalue weighted by atomic mass is 9.96. The second kappa shape index (κ2) is 10.1. The monoisotopic (exact) mass is 476 g/mol. The first-order valence-electron chi connectivity index (χ1n) is 12.4. The Bertz CT molecular complexity index is 1260. The van der Waals surface area contributed by atoms with Crippen LogP contribution in [0.3, 0.4) is 0 Å². The third kappa shape index (κ3) is 4.94. The summed E-state index contributed by atoms with van der Waals surface area (Å²) < 4.78 is 0.641. The highest BCUT2D eigenvalue weighted by atomic mass is 32.1. The van der Waals surface area contributed by atoms with Crippen LogP contribution in [0.25, 0.3) is 21.3 Å². The minimum absolute atomic E-state index is 0.0888. The molecule has 1 fully saturated rings. The summed E-state index contributed by atoms with van der Waals surface area (Å²) in [4.78, 5) is 35.6. The maximum atomic E-state index is 12.9. The van der Waals surface area contributed by atoms with Crippen LogP contribution in [0.4, 0.5) is 5.95 Å². The zero-order chi connectivity index (χ0) is 23.5. The van der Waals surface area contributed by atoms with Crippen molar-refractivity contribution in [3.63, 3.8) is 0 Å². The molecule has 178 valence electrons. The van der Waals surface area contributed by atoms with Gasteiger partial charge in [-0.1, -0.05) is 41.5 Å². The van der Waals surface area contributed by atoms with Gasteiger partial charge in [-0.15, -0.1) is 11.3 Å². The van der Waals surface area contributed by atoms with Gasteiger partial charge in [-0.05, 0) is 57.4 Å². The molecule has 1 aromatic carbocycles. The number of benzene rings is 1. The van der Waals surface area contributed by atoms with Crippen molar-refractivity contribution in [1.82, 2.24) is 15.3 Å². The zero-order valence-corrected chi connectivity index (χ0v) is 20.5. The summed E-state index contributed by atoms with van der Waals surface area (Å²) in [5, 5.41) is 5.16. The largest absolute Gasteiger partial charge is 0.355 e. The van der Waals surface area contributed by atoms with Crippen LogP contribution in [0.2, 0.25) is 0 Å². The van der Waals surface area contributed by atoms with Gasteiger partial charge in [0.15, 0.2) is 0 Å². The number of amides is 1.